The SMILES string of the molecule is COC(=O)[C@H]1O[C@@H](SCCN[C@H]2CC[C@]3(C)[C@H]4C(=O)C=C5[C@@H]6C[C@@](C)(C(=O)O)CC[C@]6(C)CC[C@@]5(C)[C@]4(C)CC[C@H]3C2(C)C)[C@H](OC(C)=O)[C@@H](OC(C)=O)[C@@H]1OC(C)=O. The summed E-state index contributed by atoms with van der Waals surface area (Å²) in [5.74, 6) is -2.78. The fraction of sp³-hybridized carbons (Fsp3) is 0.822. The number of aliphatic carboxylic acids is 1. The predicted molar refractivity (Wildman–Crippen MR) is 219 cm³/mol. The van der Waals surface area contributed by atoms with Crippen molar-refractivity contribution >= 4 is 47.4 Å². The van der Waals surface area contributed by atoms with Crippen LogP contribution in [0.2, 0.25) is 0 Å². The number of carbonyl (C=O) groups excluding carboxylic acids is 5. The normalized spacial score (nSPS) is 43.6. The van der Waals surface area contributed by atoms with Gasteiger partial charge in [0.1, 0.15) is 5.44 Å². The fourth-order valence-electron chi connectivity index (χ4n) is 13.4. The van der Waals surface area contributed by atoms with E-state index in [4.69, 9.17) is 23.7 Å². The molecule has 5 fully saturated rings. The van der Waals surface area contributed by atoms with Crippen LogP contribution in [-0.2, 0) is 52.5 Å². The van der Waals surface area contributed by atoms with Crippen LogP contribution in [0.5, 0.6) is 0 Å². The number of fused-ring (bicyclic) bond motifs is 7. The highest BCUT2D eigenvalue weighted by Gasteiger charge is 2.70. The lowest BCUT2D eigenvalue weighted by Gasteiger charge is -2.70. The molecule has 1 saturated heterocycles. The Bertz CT molecular complexity index is 1760. The number of methoxy groups -OCH3 is 1. The van der Waals surface area contributed by atoms with Crippen LogP contribution in [0.15, 0.2) is 11.6 Å². The van der Waals surface area contributed by atoms with E-state index in [0.29, 0.717) is 25.1 Å². The molecule has 14 heteroatoms. The lowest BCUT2D eigenvalue weighted by atomic mass is 9.33. The first-order valence-corrected chi connectivity index (χ1v) is 22.5. The van der Waals surface area contributed by atoms with Crippen LogP contribution in [0.1, 0.15) is 127 Å². The number of carbonyl (C=O) groups is 6. The molecule has 0 aromatic heterocycles. The number of thioether (sulfide) groups is 1. The first-order chi connectivity index (χ1) is 27.4. The Morgan fingerprint density at radius 3 is 2.05 bits per heavy atom. The number of esters is 4. The van der Waals surface area contributed by atoms with Gasteiger partial charge in [0.05, 0.1) is 12.5 Å². The number of hydrogen-bond donors (Lipinski definition) is 2. The van der Waals surface area contributed by atoms with E-state index in [-0.39, 0.29) is 56.7 Å². The number of nitrogens with one attached hydrogen (secondary N) is 1. The zero-order valence-electron chi connectivity index (χ0n) is 36.9. The summed E-state index contributed by atoms with van der Waals surface area (Å²) < 4.78 is 27.6. The van der Waals surface area contributed by atoms with Gasteiger partial charge in [-0.25, -0.2) is 4.79 Å². The fourth-order valence-corrected chi connectivity index (χ4v) is 14.4. The molecule has 14 atom stereocenters. The third-order valence-corrected chi connectivity index (χ3v) is 17.9. The van der Waals surface area contributed by atoms with E-state index >= 15 is 0 Å². The predicted octanol–water partition coefficient (Wildman–Crippen LogP) is 6.44. The van der Waals surface area contributed by atoms with E-state index in [9.17, 15) is 33.9 Å². The van der Waals surface area contributed by atoms with E-state index in [1.165, 1.54) is 38.3 Å². The van der Waals surface area contributed by atoms with Gasteiger partial charge in [0.15, 0.2) is 30.2 Å². The Balaban J connectivity index is 1.18. The van der Waals surface area contributed by atoms with Crippen molar-refractivity contribution in [1.29, 1.82) is 0 Å². The Morgan fingerprint density at radius 2 is 1.44 bits per heavy atom. The standard InChI is InChI=1S/C45H67NO12S/c1-24(47)55-32-33(56-25(2)48)35(57-26(3)49)38(58-34(32)37(51)54-11)59-21-20-46-31-13-14-43(8)30(40(31,4)5)12-15-45(10)36(43)29(50)22-27-28-23-42(7,39(52)53)17-16-41(28,6)18-19-44(27,45)9/h22,28,30-36,38,46H,12-21,23H2,1-11H3,(H,52,53)/t28-,30-,31-,32-,33-,34-,35+,36+,38-,41+,42-,43-,44+,45+/m0/s1. The zero-order valence-corrected chi connectivity index (χ0v) is 37.7. The molecule has 330 valence electrons. The van der Waals surface area contributed by atoms with E-state index in [1.807, 2.05) is 13.0 Å². The van der Waals surface area contributed by atoms with E-state index in [0.717, 1.165) is 51.9 Å². The molecule has 0 aromatic rings. The zero-order chi connectivity index (χ0) is 43.7. The Labute approximate surface area is 353 Å². The van der Waals surface area contributed by atoms with Crippen molar-refractivity contribution in [3.05, 3.63) is 11.6 Å². The Kier molecular flexibility index (Phi) is 12.4. The molecule has 6 rings (SSSR count). The number of ketones is 1. The van der Waals surface area contributed by atoms with Gasteiger partial charge in [0.2, 0.25) is 0 Å². The van der Waals surface area contributed by atoms with Gasteiger partial charge in [-0.3, -0.25) is 24.0 Å². The first kappa shape index (κ1) is 45.6. The minimum Gasteiger partial charge on any atom is -0.481 e. The van der Waals surface area contributed by atoms with Crippen molar-refractivity contribution in [2.24, 2.45) is 50.2 Å². The third kappa shape index (κ3) is 7.67. The van der Waals surface area contributed by atoms with Crippen molar-refractivity contribution in [1.82, 2.24) is 5.32 Å². The topological polar surface area (TPSA) is 181 Å². The second kappa shape index (κ2) is 16.1. The minimum absolute atomic E-state index is 0.00120. The Hall–Kier alpha value is -2.97. The van der Waals surface area contributed by atoms with Gasteiger partial charge in [-0.2, -0.15) is 0 Å². The van der Waals surface area contributed by atoms with Gasteiger partial charge in [-0.15, -0.1) is 11.8 Å². The molecule has 4 saturated carbocycles. The second-order valence-corrected chi connectivity index (χ2v) is 21.7. The second-order valence-electron chi connectivity index (χ2n) is 20.5. The molecule has 2 N–H and O–H groups in total. The number of allylic oxidation sites excluding steroid dienone is 2. The van der Waals surface area contributed by atoms with Gasteiger partial charge in [-0.05, 0) is 110 Å². The molecule has 13 nitrogen and oxygen atoms in total. The maximum Gasteiger partial charge on any atom is 0.339 e. The summed E-state index contributed by atoms with van der Waals surface area (Å²) in [6, 6.07) is 0.138. The molecule has 1 heterocycles. The molecule has 0 unspecified atom stereocenters. The largest absolute Gasteiger partial charge is 0.481 e. The lowest BCUT2D eigenvalue weighted by Crippen LogP contribution is -2.67. The average Bonchev–Trinajstić information content (AvgIpc) is 3.13. The summed E-state index contributed by atoms with van der Waals surface area (Å²) in [4.78, 5) is 76.8. The van der Waals surface area contributed by atoms with Gasteiger partial charge in [0, 0.05) is 45.0 Å². The molecule has 0 amide bonds. The highest BCUT2D eigenvalue weighted by molar-refractivity contribution is 7.99. The van der Waals surface area contributed by atoms with Crippen LogP contribution in [0.25, 0.3) is 0 Å². The highest BCUT2D eigenvalue weighted by atomic mass is 32.2. The Morgan fingerprint density at radius 1 is 0.831 bits per heavy atom. The van der Waals surface area contributed by atoms with Crippen LogP contribution in [-0.4, -0.2) is 96.0 Å². The van der Waals surface area contributed by atoms with Crippen LogP contribution >= 0.6 is 11.8 Å². The molecule has 0 bridgehead atoms. The highest BCUT2D eigenvalue weighted by Crippen LogP contribution is 2.75. The van der Waals surface area contributed by atoms with Gasteiger partial charge in [-0.1, -0.05) is 47.1 Å². The molecule has 5 aliphatic carbocycles. The van der Waals surface area contributed by atoms with Crippen LogP contribution < -0.4 is 5.32 Å². The summed E-state index contributed by atoms with van der Waals surface area (Å²) in [5, 5.41) is 14.1. The van der Waals surface area contributed by atoms with Crippen molar-refractivity contribution in [3.8, 4) is 0 Å². The first-order valence-electron chi connectivity index (χ1n) is 21.5. The summed E-state index contributed by atoms with van der Waals surface area (Å²) >= 11 is 1.29. The van der Waals surface area contributed by atoms with Crippen molar-refractivity contribution < 1.29 is 57.6 Å². The molecule has 0 aromatic carbocycles. The van der Waals surface area contributed by atoms with Crippen LogP contribution in [0.3, 0.4) is 0 Å². The van der Waals surface area contributed by atoms with Crippen LogP contribution in [0, 0.1) is 50.2 Å². The molecule has 1 aliphatic heterocycles. The molecule has 59 heavy (non-hydrogen) atoms. The molecule has 0 radical (unpaired) electrons. The molecular weight excluding hydrogens is 779 g/mol. The van der Waals surface area contributed by atoms with Crippen LogP contribution in [0.4, 0.5) is 0 Å². The third-order valence-electron chi connectivity index (χ3n) is 16.7. The molecule has 0 spiro atoms. The lowest BCUT2D eigenvalue weighted by molar-refractivity contribution is -0.235. The number of ether oxygens (including phenoxy) is 5. The summed E-state index contributed by atoms with van der Waals surface area (Å²) in [7, 11) is 1.17. The molecular formula is C45H67NO12S. The number of rotatable bonds is 10. The molecule has 6 aliphatic rings. The summed E-state index contributed by atoms with van der Waals surface area (Å²) in [5.41, 5.74) is -1.37. The smallest absolute Gasteiger partial charge is 0.339 e. The van der Waals surface area contributed by atoms with Gasteiger partial charge >= 0.3 is 29.8 Å². The van der Waals surface area contributed by atoms with Gasteiger partial charge in [0.25, 0.3) is 0 Å². The van der Waals surface area contributed by atoms with Gasteiger partial charge < -0.3 is 34.1 Å². The summed E-state index contributed by atoms with van der Waals surface area (Å²) in [6.45, 7) is 20.1. The van der Waals surface area contributed by atoms with E-state index in [1.54, 1.807) is 0 Å². The van der Waals surface area contributed by atoms with E-state index < -0.39 is 65.1 Å². The summed E-state index contributed by atoms with van der Waals surface area (Å²) in [6.07, 6.45) is 4.51. The number of carboxylic acids is 1. The average molecular weight is 846 g/mol. The van der Waals surface area contributed by atoms with Crippen molar-refractivity contribution in [2.75, 3.05) is 19.4 Å². The van der Waals surface area contributed by atoms with Crippen molar-refractivity contribution in [2.45, 2.75) is 163 Å². The van der Waals surface area contributed by atoms with E-state index in [2.05, 4.69) is 46.9 Å². The van der Waals surface area contributed by atoms with Crippen molar-refractivity contribution in [3.63, 3.8) is 0 Å². The maximum atomic E-state index is 14.8. The number of carboxylic acid groups (broad SMARTS) is 1. The quantitative estimate of drug-likeness (QED) is 0.139. The minimum atomic E-state index is -1.43. The number of hydrogen-bond acceptors (Lipinski definition) is 13. The monoisotopic (exact) mass is 845 g/mol. The maximum absolute atomic E-state index is 14.8.